The molecule has 2 aromatic carbocycles. The van der Waals surface area contributed by atoms with E-state index in [1.54, 1.807) is 30.3 Å². The zero-order chi connectivity index (χ0) is 15.9. The number of halogens is 1. The van der Waals surface area contributed by atoms with Crippen LogP contribution >= 0.6 is 15.9 Å². The lowest BCUT2D eigenvalue weighted by atomic mass is 10.2. The van der Waals surface area contributed by atoms with Gasteiger partial charge in [0.25, 0.3) is 5.91 Å². The maximum Gasteiger partial charge on any atom is 0.277 e. The third-order valence-electron chi connectivity index (χ3n) is 2.79. The van der Waals surface area contributed by atoms with Gasteiger partial charge in [-0.25, -0.2) is 5.43 Å². The van der Waals surface area contributed by atoms with Gasteiger partial charge in [-0.2, -0.15) is 5.10 Å². The van der Waals surface area contributed by atoms with Crippen LogP contribution in [-0.2, 0) is 4.79 Å². The van der Waals surface area contributed by atoms with Crippen LogP contribution in [-0.4, -0.2) is 23.8 Å². The van der Waals surface area contributed by atoms with Crippen LogP contribution < -0.4 is 10.2 Å². The number of benzene rings is 2. The third-order valence-corrected chi connectivity index (χ3v) is 3.28. The number of phenols is 1. The maximum atomic E-state index is 11.6. The summed E-state index contributed by atoms with van der Waals surface area (Å²) < 4.78 is 6.39. The van der Waals surface area contributed by atoms with Gasteiger partial charge in [0.15, 0.2) is 6.61 Å². The molecule has 2 rings (SSSR count). The first-order valence-electron chi connectivity index (χ1n) is 6.54. The Hall–Kier alpha value is -2.34. The van der Waals surface area contributed by atoms with Crippen LogP contribution in [0.5, 0.6) is 11.5 Å². The number of carbonyl (C=O) groups is 1. The summed E-state index contributed by atoms with van der Waals surface area (Å²) >= 11 is 3.37. The number of rotatable bonds is 5. The molecule has 0 unspecified atom stereocenters. The SMILES string of the molecule is Cc1cc(Br)ccc1OCC(=O)N/N=C/c1ccc(O)cc1. The first-order valence-corrected chi connectivity index (χ1v) is 7.34. The van der Waals surface area contributed by atoms with Gasteiger partial charge in [-0.1, -0.05) is 15.9 Å². The highest BCUT2D eigenvalue weighted by Crippen LogP contribution is 2.21. The molecule has 2 aromatic rings. The summed E-state index contributed by atoms with van der Waals surface area (Å²) in [5.41, 5.74) is 4.09. The van der Waals surface area contributed by atoms with Crippen molar-refractivity contribution in [2.24, 2.45) is 5.10 Å². The molecule has 0 radical (unpaired) electrons. The van der Waals surface area contributed by atoms with Gasteiger partial charge in [-0.05, 0) is 60.5 Å². The fourth-order valence-corrected chi connectivity index (χ4v) is 2.17. The van der Waals surface area contributed by atoms with Crippen LogP contribution in [0, 0.1) is 6.92 Å². The Morgan fingerprint density at radius 3 is 2.73 bits per heavy atom. The number of amides is 1. The van der Waals surface area contributed by atoms with Gasteiger partial charge in [-0.15, -0.1) is 0 Å². The molecule has 0 aliphatic carbocycles. The number of ether oxygens (including phenoxy) is 1. The predicted octanol–water partition coefficient (Wildman–Crippen LogP) is 2.99. The normalized spacial score (nSPS) is 10.6. The highest BCUT2D eigenvalue weighted by Gasteiger charge is 2.04. The van der Waals surface area contributed by atoms with Crippen LogP contribution in [0.2, 0.25) is 0 Å². The molecule has 0 fully saturated rings. The average Bonchev–Trinajstić information content (AvgIpc) is 2.48. The van der Waals surface area contributed by atoms with E-state index in [0.29, 0.717) is 5.75 Å². The van der Waals surface area contributed by atoms with Gasteiger partial charge >= 0.3 is 0 Å². The van der Waals surface area contributed by atoms with Crippen molar-refractivity contribution in [1.29, 1.82) is 0 Å². The maximum absolute atomic E-state index is 11.6. The van der Waals surface area contributed by atoms with Gasteiger partial charge < -0.3 is 9.84 Å². The molecule has 5 nitrogen and oxygen atoms in total. The van der Waals surface area contributed by atoms with Crippen molar-refractivity contribution in [3.05, 3.63) is 58.1 Å². The summed E-state index contributed by atoms with van der Waals surface area (Å²) in [5, 5.41) is 13.0. The van der Waals surface area contributed by atoms with Crippen molar-refractivity contribution in [3.8, 4) is 11.5 Å². The zero-order valence-corrected chi connectivity index (χ0v) is 13.5. The number of phenolic OH excluding ortho intramolecular Hbond substituents is 1. The Bertz CT molecular complexity index is 684. The van der Waals surface area contributed by atoms with Crippen molar-refractivity contribution >= 4 is 28.1 Å². The molecule has 0 aliphatic rings. The van der Waals surface area contributed by atoms with Gasteiger partial charge in [0.2, 0.25) is 0 Å². The number of nitrogens with one attached hydrogen (secondary N) is 1. The van der Waals surface area contributed by atoms with Crippen molar-refractivity contribution in [3.63, 3.8) is 0 Å². The number of hydrazone groups is 1. The molecule has 0 atom stereocenters. The fraction of sp³-hybridized carbons (Fsp3) is 0.125. The first kappa shape index (κ1) is 16.0. The Kier molecular flexibility index (Phi) is 5.55. The summed E-state index contributed by atoms with van der Waals surface area (Å²) in [7, 11) is 0. The molecule has 2 N–H and O–H groups in total. The van der Waals surface area contributed by atoms with Gasteiger partial charge in [-0.3, -0.25) is 4.79 Å². The van der Waals surface area contributed by atoms with E-state index in [1.165, 1.54) is 6.21 Å². The molecular weight excluding hydrogens is 348 g/mol. The molecule has 0 saturated carbocycles. The summed E-state index contributed by atoms with van der Waals surface area (Å²) in [4.78, 5) is 11.6. The minimum atomic E-state index is -0.350. The van der Waals surface area contributed by atoms with Gasteiger partial charge in [0.1, 0.15) is 11.5 Å². The molecule has 0 saturated heterocycles. The second-order valence-corrected chi connectivity index (χ2v) is 5.50. The molecule has 0 aliphatic heterocycles. The second kappa shape index (κ2) is 7.61. The lowest BCUT2D eigenvalue weighted by Crippen LogP contribution is -2.24. The number of nitrogens with zero attached hydrogens (tertiary/aromatic N) is 1. The lowest BCUT2D eigenvalue weighted by molar-refractivity contribution is -0.123. The molecule has 0 heterocycles. The third kappa shape index (κ3) is 4.89. The standard InChI is InChI=1S/C16H15BrN2O3/c1-11-8-13(17)4-7-15(11)22-10-16(21)19-18-9-12-2-5-14(20)6-3-12/h2-9,20H,10H2,1H3,(H,19,21)/b18-9+. The van der Waals surface area contributed by atoms with Crippen molar-refractivity contribution in [1.82, 2.24) is 5.43 Å². The number of aryl methyl sites for hydroxylation is 1. The molecule has 22 heavy (non-hydrogen) atoms. The second-order valence-electron chi connectivity index (χ2n) is 4.58. The van der Waals surface area contributed by atoms with E-state index in [1.807, 2.05) is 19.1 Å². The molecule has 0 bridgehead atoms. The van der Waals surface area contributed by atoms with Crippen molar-refractivity contribution in [2.75, 3.05) is 6.61 Å². The Labute approximate surface area is 136 Å². The topological polar surface area (TPSA) is 70.9 Å². The van der Waals surface area contributed by atoms with E-state index in [9.17, 15) is 4.79 Å². The minimum absolute atomic E-state index is 0.116. The fourth-order valence-electron chi connectivity index (χ4n) is 1.69. The molecule has 0 aromatic heterocycles. The van der Waals surface area contributed by atoms with E-state index in [0.717, 1.165) is 15.6 Å². The number of carbonyl (C=O) groups excluding carboxylic acids is 1. The van der Waals surface area contributed by atoms with Crippen LogP contribution in [0.15, 0.2) is 52.0 Å². The lowest BCUT2D eigenvalue weighted by Gasteiger charge is -2.08. The molecule has 114 valence electrons. The van der Waals surface area contributed by atoms with E-state index in [-0.39, 0.29) is 18.3 Å². The Balaban J connectivity index is 1.81. The van der Waals surface area contributed by atoms with E-state index < -0.39 is 0 Å². The summed E-state index contributed by atoms with van der Waals surface area (Å²) in [6.45, 7) is 1.79. The van der Waals surface area contributed by atoms with Crippen LogP contribution in [0.1, 0.15) is 11.1 Å². The summed E-state index contributed by atoms with van der Waals surface area (Å²) in [6.07, 6.45) is 1.49. The van der Waals surface area contributed by atoms with E-state index >= 15 is 0 Å². The zero-order valence-electron chi connectivity index (χ0n) is 11.9. The van der Waals surface area contributed by atoms with Crippen molar-refractivity contribution < 1.29 is 14.6 Å². The van der Waals surface area contributed by atoms with Gasteiger partial charge in [0.05, 0.1) is 6.21 Å². The van der Waals surface area contributed by atoms with Crippen LogP contribution in [0.4, 0.5) is 0 Å². The molecule has 6 heteroatoms. The van der Waals surface area contributed by atoms with Crippen LogP contribution in [0.25, 0.3) is 0 Å². The van der Waals surface area contributed by atoms with E-state index in [4.69, 9.17) is 9.84 Å². The first-order chi connectivity index (χ1) is 10.5. The van der Waals surface area contributed by atoms with Crippen LogP contribution in [0.3, 0.4) is 0 Å². The molecule has 1 amide bonds. The smallest absolute Gasteiger partial charge is 0.277 e. The predicted molar refractivity (Wildman–Crippen MR) is 88.2 cm³/mol. The molecular formula is C16H15BrN2O3. The van der Waals surface area contributed by atoms with Crippen molar-refractivity contribution in [2.45, 2.75) is 6.92 Å². The van der Waals surface area contributed by atoms with Gasteiger partial charge in [0, 0.05) is 4.47 Å². The van der Waals surface area contributed by atoms with E-state index in [2.05, 4.69) is 26.5 Å². The monoisotopic (exact) mass is 362 g/mol. The average molecular weight is 363 g/mol. The quantitative estimate of drug-likeness (QED) is 0.634. The Morgan fingerprint density at radius 1 is 1.32 bits per heavy atom. The largest absolute Gasteiger partial charge is 0.508 e. The highest BCUT2D eigenvalue weighted by atomic mass is 79.9. The highest BCUT2D eigenvalue weighted by molar-refractivity contribution is 9.10. The minimum Gasteiger partial charge on any atom is -0.508 e. The molecule has 0 spiro atoms. The summed E-state index contributed by atoms with van der Waals surface area (Å²) in [5.74, 6) is 0.484. The number of hydrogen-bond donors (Lipinski definition) is 2. The number of aromatic hydroxyl groups is 1. The Morgan fingerprint density at radius 2 is 2.05 bits per heavy atom. The number of hydrogen-bond acceptors (Lipinski definition) is 4. The summed E-state index contributed by atoms with van der Waals surface area (Å²) in [6, 6.07) is 12.0.